The molecular weight excluding hydrogens is 568 g/mol. The second-order valence-corrected chi connectivity index (χ2v) is 12.3. The van der Waals surface area contributed by atoms with Gasteiger partial charge in [-0.15, -0.1) is 0 Å². The highest BCUT2D eigenvalue weighted by Crippen LogP contribution is 2.37. The van der Waals surface area contributed by atoms with Crippen LogP contribution in [0, 0.1) is 33.6 Å². The molecule has 45 heavy (non-hydrogen) atoms. The normalized spacial score (nSPS) is 15.1. The van der Waals surface area contributed by atoms with Crippen LogP contribution in [-0.4, -0.2) is 67.7 Å². The third-order valence-electron chi connectivity index (χ3n) is 8.83. The van der Waals surface area contributed by atoms with Crippen LogP contribution in [0.15, 0.2) is 41.2 Å². The van der Waals surface area contributed by atoms with Gasteiger partial charge >= 0.3 is 0 Å². The molecule has 0 spiro atoms. The van der Waals surface area contributed by atoms with E-state index in [4.69, 9.17) is 9.47 Å². The van der Waals surface area contributed by atoms with Crippen molar-refractivity contribution in [3.05, 3.63) is 80.3 Å². The van der Waals surface area contributed by atoms with Gasteiger partial charge in [0.25, 0.3) is 11.5 Å². The maximum absolute atomic E-state index is 13.7. The number of nitrogens with one attached hydrogen (secondary N) is 2. The number of aromatic nitrogens is 1. The van der Waals surface area contributed by atoms with Crippen LogP contribution < -0.4 is 20.5 Å². The highest BCUT2D eigenvalue weighted by Gasteiger charge is 2.34. The Labute approximate surface area is 265 Å². The standard InChI is InChI=1S/C36H46N4O5/c1-6-40(36(43)27-8-9-27)32-21-29(20-30(26(32)5)34(41)37-22-31-23(2)18-25(4)38-35(31)42)28-10-11-33(24(3)19-28)45-15-7-12-39-13-16-44-17-14-39/h10-11,18-21,27H,6-9,12-17,22H2,1-5H3,(H,37,41)(H,38,42). The maximum atomic E-state index is 13.7. The van der Waals surface area contributed by atoms with Crippen molar-refractivity contribution in [3.63, 3.8) is 0 Å². The summed E-state index contributed by atoms with van der Waals surface area (Å²) in [5.74, 6) is 0.692. The van der Waals surface area contributed by atoms with Crippen LogP contribution in [0.1, 0.15) is 64.5 Å². The highest BCUT2D eigenvalue weighted by molar-refractivity contribution is 6.03. The molecule has 0 unspecified atom stereocenters. The van der Waals surface area contributed by atoms with Crippen LogP contribution in [0.2, 0.25) is 0 Å². The van der Waals surface area contributed by atoms with Gasteiger partial charge in [0.1, 0.15) is 5.75 Å². The largest absolute Gasteiger partial charge is 0.493 e. The molecule has 9 nitrogen and oxygen atoms in total. The van der Waals surface area contributed by atoms with Gasteiger partial charge in [-0.3, -0.25) is 19.3 Å². The number of hydrogen-bond donors (Lipinski definition) is 2. The number of benzene rings is 2. The molecule has 0 bridgehead atoms. The zero-order chi connectivity index (χ0) is 32.1. The predicted octanol–water partition coefficient (Wildman–Crippen LogP) is 5.07. The summed E-state index contributed by atoms with van der Waals surface area (Å²) in [7, 11) is 0. The van der Waals surface area contributed by atoms with Crippen LogP contribution in [-0.2, 0) is 16.1 Å². The second-order valence-electron chi connectivity index (χ2n) is 12.3. The molecule has 2 fully saturated rings. The van der Waals surface area contributed by atoms with Gasteiger partial charge in [-0.1, -0.05) is 6.07 Å². The molecule has 3 aromatic rings. The first kappa shape index (κ1) is 32.4. The van der Waals surface area contributed by atoms with Gasteiger partial charge < -0.3 is 24.7 Å². The Morgan fingerprint density at radius 1 is 1.02 bits per heavy atom. The molecule has 1 aromatic heterocycles. The van der Waals surface area contributed by atoms with E-state index in [1.807, 2.05) is 65.0 Å². The first-order valence-electron chi connectivity index (χ1n) is 16.1. The number of rotatable bonds is 12. The van der Waals surface area contributed by atoms with Crippen LogP contribution >= 0.6 is 0 Å². The number of ether oxygens (including phenoxy) is 2. The fourth-order valence-corrected chi connectivity index (χ4v) is 6.03. The van der Waals surface area contributed by atoms with Crippen LogP contribution in [0.5, 0.6) is 5.75 Å². The average Bonchev–Trinajstić information content (AvgIpc) is 3.87. The van der Waals surface area contributed by atoms with Gasteiger partial charge in [0, 0.05) is 61.1 Å². The van der Waals surface area contributed by atoms with Gasteiger partial charge in [0.15, 0.2) is 0 Å². The molecule has 9 heteroatoms. The molecule has 5 rings (SSSR count). The van der Waals surface area contributed by atoms with Crippen molar-refractivity contribution in [1.82, 2.24) is 15.2 Å². The summed E-state index contributed by atoms with van der Waals surface area (Å²) in [6.07, 6.45) is 2.74. The molecule has 0 radical (unpaired) electrons. The van der Waals surface area contributed by atoms with Crippen molar-refractivity contribution in [3.8, 4) is 16.9 Å². The van der Waals surface area contributed by atoms with Gasteiger partial charge in [-0.2, -0.15) is 0 Å². The lowest BCUT2D eigenvalue weighted by Gasteiger charge is -2.26. The van der Waals surface area contributed by atoms with Gasteiger partial charge in [-0.25, -0.2) is 0 Å². The Hall–Kier alpha value is -3.95. The minimum atomic E-state index is -0.290. The number of anilines is 1. The zero-order valence-corrected chi connectivity index (χ0v) is 27.3. The van der Waals surface area contributed by atoms with Crippen molar-refractivity contribution < 1.29 is 19.1 Å². The summed E-state index contributed by atoms with van der Waals surface area (Å²) in [6.45, 7) is 15.4. The fourth-order valence-electron chi connectivity index (χ4n) is 6.03. The van der Waals surface area contributed by atoms with E-state index in [1.54, 1.807) is 4.90 Å². The van der Waals surface area contributed by atoms with E-state index in [2.05, 4.69) is 21.3 Å². The Morgan fingerprint density at radius 3 is 2.44 bits per heavy atom. The number of amides is 2. The number of H-pyrrole nitrogens is 1. The first-order valence-corrected chi connectivity index (χ1v) is 16.1. The topological polar surface area (TPSA) is 104 Å². The summed E-state index contributed by atoms with van der Waals surface area (Å²) in [5.41, 5.74) is 6.66. The van der Waals surface area contributed by atoms with Gasteiger partial charge in [0.2, 0.25) is 5.91 Å². The smallest absolute Gasteiger partial charge is 0.253 e. The van der Waals surface area contributed by atoms with Crippen molar-refractivity contribution in [1.29, 1.82) is 0 Å². The van der Waals surface area contributed by atoms with E-state index in [-0.39, 0.29) is 29.8 Å². The van der Waals surface area contributed by atoms with E-state index in [1.165, 1.54) is 0 Å². The lowest BCUT2D eigenvalue weighted by atomic mass is 9.95. The number of carbonyl (C=O) groups excluding carboxylic acids is 2. The Morgan fingerprint density at radius 2 is 1.78 bits per heavy atom. The summed E-state index contributed by atoms with van der Waals surface area (Å²) in [4.78, 5) is 46.7. The summed E-state index contributed by atoms with van der Waals surface area (Å²) in [6, 6.07) is 11.9. The molecule has 240 valence electrons. The van der Waals surface area contributed by atoms with E-state index in [0.29, 0.717) is 24.3 Å². The van der Waals surface area contributed by atoms with Crippen LogP contribution in [0.3, 0.4) is 0 Å². The van der Waals surface area contributed by atoms with E-state index in [0.717, 1.165) is 97.1 Å². The number of carbonyl (C=O) groups is 2. The Bertz CT molecular complexity index is 1600. The van der Waals surface area contributed by atoms with Crippen LogP contribution in [0.4, 0.5) is 5.69 Å². The molecule has 2 heterocycles. The number of hydrogen-bond acceptors (Lipinski definition) is 6. The number of morpholine rings is 1. The summed E-state index contributed by atoms with van der Waals surface area (Å²) < 4.78 is 11.6. The predicted molar refractivity (Wildman–Crippen MR) is 177 cm³/mol. The average molecular weight is 615 g/mol. The maximum Gasteiger partial charge on any atom is 0.253 e. The zero-order valence-electron chi connectivity index (χ0n) is 27.3. The molecular formula is C36H46N4O5. The van der Waals surface area contributed by atoms with Gasteiger partial charge in [-0.05, 0) is 112 Å². The molecule has 2 N–H and O–H groups in total. The first-order chi connectivity index (χ1) is 21.7. The number of pyridine rings is 1. The summed E-state index contributed by atoms with van der Waals surface area (Å²) in [5, 5.41) is 2.96. The molecule has 1 saturated heterocycles. The number of aryl methyl sites for hydroxylation is 3. The minimum absolute atomic E-state index is 0.0449. The molecule has 2 amide bonds. The molecule has 2 aliphatic rings. The number of nitrogens with zero attached hydrogens (tertiary/aromatic N) is 2. The minimum Gasteiger partial charge on any atom is -0.493 e. The monoisotopic (exact) mass is 614 g/mol. The Kier molecular flexibility index (Phi) is 10.4. The Balaban J connectivity index is 1.39. The van der Waals surface area contributed by atoms with E-state index >= 15 is 0 Å². The van der Waals surface area contributed by atoms with Crippen molar-refractivity contribution in [2.24, 2.45) is 5.92 Å². The molecule has 1 aliphatic heterocycles. The van der Waals surface area contributed by atoms with Crippen molar-refractivity contribution in [2.45, 2.75) is 60.4 Å². The van der Waals surface area contributed by atoms with E-state index in [9.17, 15) is 14.4 Å². The summed E-state index contributed by atoms with van der Waals surface area (Å²) >= 11 is 0. The second kappa shape index (κ2) is 14.4. The highest BCUT2D eigenvalue weighted by atomic mass is 16.5. The van der Waals surface area contributed by atoms with Crippen molar-refractivity contribution >= 4 is 17.5 Å². The lowest BCUT2D eigenvalue weighted by molar-refractivity contribution is -0.119. The van der Waals surface area contributed by atoms with E-state index < -0.39 is 0 Å². The van der Waals surface area contributed by atoms with Gasteiger partial charge in [0.05, 0.1) is 19.8 Å². The molecule has 1 saturated carbocycles. The number of aromatic amines is 1. The third-order valence-corrected chi connectivity index (χ3v) is 8.83. The molecule has 1 aliphatic carbocycles. The fraction of sp³-hybridized carbons (Fsp3) is 0.472. The lowest BCUT2D eigenvalue weighted by Crippen LogP contribution is -2.37. The molecule has 0 atom stereocenters. The molecule has 2 aromatic carbocycles. The third kappa shape index (κ3) is 7.83. The SMILES string of the molecule is CCN(C(=O)C1CC1)c1cc(-c2ccc(OCCCN3CCOCC3)c(C)c2)cc(C(=O)NCc2c(C)cc(C)[nH]c2=O)c1C. The quantitative estimate of drug-likeness (QED) is 0.276. The van der Waals surface area contributed by atoms with Crippen LogP contribution in [0.25, 0.3) is 11.1 Å². The van der Waals surface area contributed by atoms with Crippen molar-refractivity contribution in [2.75, 3.05) is 50.9 Å².